The number of nitrogens with zero attached hydrogens (tertiary/aromatic N) is 1. The minimum Gasteiger partial charge on any atom is -0.494 e. The molecule has 2 rings (SSSR count). The Bertz CT molecular complexity index is 570. The number of aliphatic imine (C=N–C) groups is 1. The lowest BCUT2D eigenvalue weighted by Gasteiger charge is -2.11. The lowest BCUT2D eigenvalue weighted by atomic mass is 10.2. The van der Waals surface area contributed by atoms with Crippen molar-refractivity contribution in [2.45, 2.75) is 19.9 Å². The Hall–Kier alpha value is -1.28. The van der Waals surface area contributed by atoms with E-state index >= 15 is 0 Å². The lowest BCUT2D eigenvalue weighted by Crippen LogP contribution is -2.37. The van der Waals surface area contributed by atoms with Crippen LogP contribution in [0.2, 0.25) is 0 Å². The maximum atomic E-state index is 5.70. The summed E-state index contributed by atoms with van der Waals surface area (Å²) in [5.74, 6) is 1.74. The van der Waals surface area contributed by atoms with Gasteiger partial charge in [0.25, 0.3) is 0 Å². The zero-order valence-corrected chi connectivity index (χ0v) is 16.7. The molecule has 1 heterocycles. The lowest BCUT2D eigenvalue weighted by molar-refractivity contribution is 0.311. The van der Waals surface area contributed by atoms with E-state index in [1.165, 1.54) is 10.4 Å². The molecule has 0 bridgehead atoms. The van der Waals surface area contributed by atoms with E-state index in [0.29, 0.717) is 6.61 Å². The number of nitrogens with one attached hydrogen (secondary N) is 2. The molecule has 0 saturated heterocycles. The van der Waals surface area contributed by atoms with Gasteiger partial charge in [-0.25, -0.2) is 0 Å². The molecule has 0 aliphatic rings. The molecule has 2 aromatic rings. The maximum absolute atomic E-state index is 5.70. The number of aryl methyl sites for hydroxylation is 1. The van der Waals surface area contributed by atoms with E-state index in [1.807, 2.05) is 12.1 Å². The highest BCUT2D eigenvalue weighted by Gasteiger charge is 1.99. The van der Waals surface area contributed by atoms with Crippen molar-refractivity contribution in [2.24, 2.45) is 4.99 Å². The molecular formula is C17H24IN3OS. The summed E-state index contributed by atoms with van der Waals surface area (Å²) < 4.78 is 5.70. The number of hydrogen-bond acceptors (Lipinski definition) is 3. The van der Waals surface area contributed by atoms with Gasteiger partial charge in [-0.05, 0) is 36.9 Å². The highest BCUT2D eigenvalue weighted by molar-refractivity contribution is 14.0. The SMILES string of the molecule is CN=C(NCCCOc1ccc(C)cc1)NCc1cccs1.I. The Morgan fingerprint density at radius 3 is 2.61 bits per heavy atom. The van der Waals surface area contributed by atoms with Gasteiger partial charge in [-0.1, -0.05) is 23.8 Å². The zero-order valence-electron chi connectivity index (χ0n) is 13.5. The van der Waals surface area contributed by atoms with Crippen LogP contribution in [0.25, 0.3) is 0 Å². The van der Waals surface area contributed by atoms with Crippen LogP contribution in [0.4, 0.5) is 0 Å². The third-order valence-corrected chi connectivity index (χ3v) is 4.01. The monoisotopic (exact) mass is 445 g/mol. The van der Waals surface area contributed by atoms with E-state index in [1.54, 1.807) is 18.4 Å². The van der Waals surface area contributed by atoms with Crippen LogP contribution in [0.3, 0.4) is 0 Å². The topological polar surface area (TPSA) is 45.7 Å². The van der Waals surface area contributed by atoms with Gasteiger partial charge in [-0.2, -0.15) is 0 Å². The van der Waals surface area contributed by atoms with Crippen molar-refractivity contribution >= 4 is 41.3 Å². The van der Waals surface area contributed by atoms with Crippen molar-refractivity contribution in [3.05, 3.63) is 52.2 Å². The molecule has 4 nitrogen and oxygen atoms in total. The zero-order chi connectivity index (χ0) is 15.6. The Morgan fingerprint density at radius 2 is 1.96 bits per heavy atom. The quantitative estimate of drug-likeness (QED) is 0.295. The number of benzene rings is 1. The molecule has 1 aromatic carbocycles. The summed E-state index contributed by atoms with van der Waals surface area (Å²) in [7, 11) is 1.78. The molecule has 6 heteroatoms. The molecule has 0 aliphatic heterocycles. The van der Waals surface area contributed by atoms with Crippen molar-refractivity contribution in [3.63, 3.8) is 0 Å². The van der Waals surface area contributed by atoms with Gasteiger partial charge >= 0.3 is 0 Å². The summed E-state index contributed by atoms with van der Waals surface area (Å²) >= 11 is 1.74. The van der Waals surface area contributed by atoms with Crippen molar-refractivity contribution in [3.8, 4) is 5.75 Å². The largest absolute Gasteiger partial charge is 0.494 e. The summed E-state index contributed by atoms with van der Waals surface area (Å²) in [6.45, 7) is 4.40. The first-order valence-electron chi connectivity index (χ1n) is 7.44. The molecule has 0 spiro atoms. The van der Waals surface area contributed by atoms with Crippen molar-refractivity contribution in [2.75, 3.05) is 20.2 Å². The third-order valence-electron chi connectivity index (χ3n) is 3.14. The van der Waals surface area contributed by atoms with E-state index in [0.717, 1.165) is 31.2 Å². The van der Waals surface area contributed by atoms with Gasteiger partial charge in [0.2, 0.25) is 0 Å². The first-order chi connectivity index (χ1) is 10.8. The summed E-state index contributed by atoms with van der Waals surface area (Å²) in [5, 5.41) is 8.66. The van der Waals surface area contributed by atoms with Crippen LogP contribution in [0.1, 0.15) is 16.9 Å². The first kappa shape index (κ1) is 19.8. The Labute approximate surface area is 159 Å². The standard InChI is InChI=1S/C17H23N3OS.HI/c1-14-6-8-15(9-7-14)21-11-4-10-19-17(18-2)20-13-16-5-3-12-22-16;/h3,5-9,12H,4,10-11,13H2,1-2H3,(H2,18,19,20);1H. The van der Waals surface area contributed by atoms with Crippen LogP contribution in [0.15, 0.2) is 46.8 Å². The van der Waals surface area contributed by atoms with Gasteiger partial charge in [0.05, 0.1) is 13.2 Å². The van der Waals surface area contributed by atoms with Crippen LogP contribution >= 0.6 is 35.3 Å². The van der Waals surface area contributed by atoms with E-state index in [-0.39, 0.29) is 24.0 Å². The highest BCUT2D eigenvalue weighted by atomic mass is 127. The fourth-order valence-corrected chi connectivity index (χ4v) is 2.55. The fraction of sp³-hybridized carbons (Fsp3) is 0.353. The van der Waals surface area contributed by atoms with Crippen molar-refractivity contribution in [1.82, 2.24) is 10.6 Å². The molecule has 0 amide bonds. The van der Waals surface area contributed by atoms with E-state index in [4.69, 9.17) is 4.74 Å². The van der Waals surface area contributed by atoms with Crippen molar-refractivity contribution < 1.29 is 4.74 Å². The average molecular weight is 445 g/mol. The van der Waals surface area contributed by atoms with Crippen LogP contribution in [-0.4, -0.2) is 26.2 Å². The second-order valence-corrected chi connectivity index (χ2v) is 5.98. The van der Waals surface area contributed by atoms with Gasteiger partial charge in [-0.3, -0.25) is 4.99 Å². The van der Waals surface area contributed by atoms with Crippen LogP contribution < -0.4 is 15.4 Å². The average Bonchev–Trinajstić information content (AvgIpc) is 3.05. The Kier molecular flexibility index (Phi) is 9.70. The van der Waals surface area contributed by atoms with Gasteiger partial charge in [-0.15, -0.1) is 35.3 Å². The molecule has 126 valence electrons. The molecule has 0 aliphatic carbocycles. The van der Waals surface area contributed by atoms with Crippen LogP contribution in [0.5, 0.6) is 5.75 Å². The second-order valence-electron chi connectivity index (χ2n) is 4.95. The molecule has 2 N–H and O–H groups in total. The molecule has 23 heavy (non-hydrogen) atoms. The van der Waals surface area contributed by atoms with Gasteiger partial charge in [0, 0.05) is 18.5 Å². The number of guanidine groups is 1. The third kappa shape index (κ3) is 7.69. The predicted octanol–water partition coefficient (Wildman–Crippen LogP) is 3.81. The van der Waals surface area contributed by atoms with Gasteiger partial charge in [0.1, 0.15) is 5.75 Å². The first-order valence-corrected chi connectivity index (χ1v) is 8.32. The summed E-state index contributed by atoms with van der Waals surface area (Å²) in [4.78, 5) is 5.51. The second kappa shape index (κ2) is 11.3. The minimum atomic E-state index is 0. The van der Waals surface area contributed by atoms with Crippen LogP contribution in [0, 0.1) is 6.92 Å². The molecule has 1 aromatic heterocycles. The molecule has 0 radical (unpaired) electrons. The molecule has 0 fully saturated rings. The summed E-state index contributed by atoms with van der Waals surface area (Å²) in [6, 6.07) is 12.3. The van der Waals surface area contributed by atoms with Crippen LogP contribution in [-0.2, 0) is 6.54 Å². The number of rotatable bonds is 7. The molecular weight excluding hydrogens is 421 g/mol. The predicted molar refractivity (Wildman–Crippen MR) is 109 cm³/mol. The van der Waals surface area contributed by atoms with Gasteiger partial charge in [0.15, 0.2) is 5.96 Å². The number of thiophene rings is 1. The highest BCUT2D eigenvalue weighted by Crippen LogP contribution is 2.11. The minimum absolute atomic E-state index is 0. The molecule has 0 atom stereocenters. The Morgan fingerprint density at radius 1 is 1.17 bits per heavy atom. The van der Waals surface area contributed by atoms with Crippen molar-refractivity contribution in [1.29, 1.82) is 0 Å². The molecule has 0 unspecified atom stereocenters. The normalized spacial score (nSPS) is 10.8. The summed E-state index contributed by atoms with van der Waals surface area (Å²) in [6.07, 6.45) is 0.924. The van der Waals surface area contributed by atoms with Gasteiger partial charge < -0.3 is 15.4 Å². The molecule has 0 saturated carbocycles. The van der Waals surface area contributed by atoms with E-state index < -0.39 is 0 Å². The maximum Gasteiger partial charge on any atom is 0.191 e. The van der Waals surface area contributed by atoms with E-state index in [2.05, 4.69) is 52.2 Å². The smallest absolute Gasteiger partial charge is 0.191 e. The summed E-state index contributed by atoms with van der Waals surface area (Å²) in [5.41, 5.74) is 1.25. The Balaban J connectivity index is 0.00000264. The number of ether oxygens (including phenoxy) is 1. The number of halogens is 1. The van der Waals surface area contributed by atoms with E-state index in [9.17, 15) is 0 Å². The number of hydrogen-bond donors (Lipinski definition) is 2. The fourth-order valence-electron chi connectivity index (χ4n) is 1.91.